The quantitative estimate of drug-likeness (QED) is 0.798. The van der Waals surface area contributed by atoms with Crippen LogP contribution in [0.3, 0.4) is 0 Å². The van der Waals surface area contributed by atoms with Gasteiger partial charge in [-0.1, -0.05) is 0 Å². The van der Waals surface area contributed by atoms with Crippen LogP contribution in [-0.2, 0) is 5.41 Å². The summed E-state index contributed by atoms with van der Waals surface area (Å²) in [7, 11) is 3.12. The van der Waals surface area contributed by atoms with E-state index in [1.165, 1.54) is 4.90 Å². The van der Waals surface area contributed by atoms with Gasteiger partial charge in [-0.2, -0.15) is 5.26 Å². The van der Waals surface area contributed by atoms with Crippen LogP contribution >= 0.6 is 0 Å². The van der Waals surface area contributed by atoms with E-state index in [0.29, 0.717) is 11.1 Å². The molecule has 2 heterocycles. The Bertz CT molecular complexity index is 989. The lowest BCUT2D eigenvalue weighted by molar-refractivity contribution is 0.0824. The SMILES string of the molecule is CN(C)C(=O)c1c(N)ccc(-c2cnc3c(c2)C2(CN3)CC(C#N)C2)c1F. The average molecular weight is 365 g/mol. The van der Waals surface area contributed by atoms with Gasteiger partial charge in [-0.25, -0.2) is 9.37 Å². The highest BCUT2D eigenvalue weighted by atomic mass is 19.1. The molecule has 4 rings (SSSR count). The van der Waals surface area contributed by atoms with Crippen molar-refractivity contribution in [3.8, 4) is 17.2 Å². The van der Waals surface area contributed by atoms with Gasteiger partial charge in [-0.3, -0.25) is 4.79 Å². The summed E-state index contributed by atoms with van der Waals surface area (Å²) in [5, 5.41) is 12.4. The molecule has 138 valence electrons. The average Bonchev–Trinajstić information content (AvgIpc) is 2.99. The van der Waals surface area contributed by atoms with Crippen molar-refractivity contribution in [1.82, 2.24) is 9.88 Å². The molecule has 1 amide bonds. The van der Waals surface area contributed by atoms with E-state index in [-0.39, 0.29) is 22.6 Å². The van der Waals surface area contributed by atoms with Crippen LogP contribution in [0.4, 0.5) is 15.9 Å². The smallest absolute Gasteiger partial charge is 0.258 e. The molecule has 1 aliphatic heterocycles. The van der Waals surface area contributed by atoms with Gasteiger partial charge in [0.1, 0.15) is 11.6 Å². The standard InChI is InChI=1S/C20H20FN5O/c1-26(2)19(27)16-15(23)4-3-13(17(16)21)12-5-14-18(24-9-12)25-10-20(14)6-11(7-20)8-22/h3-5,9,11H,6-7,10,23H2,1-2H3,(H,24,25). The number of nitrogens with zero attached hydrogens (tertiary/aromatic N) is 3. The number of nitrogen functional groups attached to an aromatic ring is 1. The number of aromatic nitrogens is 1. The van der Waals surface area contributed by atoms with Crippen LogP contribution < -0.4 is 11.1 Å². The van der Waals surface area contributed by atoms with Crippen molar-refractivity contribution in [2.45, 2.75) is 18.3 Å². The molecule has 0 bridgehead atoms. The highest BCUT2D eigenvalue weighted by Gasteiger charge is 2.50. The second-order valence-electron chi connectivity index (χ2n) is 7.58. The number of nitrogens with one attached hydrogen (secondary N) is 1. The zero-order valence-corrected chi connectivity index (χ0v) is 15.2. The summed E-state index contributed by atoms with van der Waals surface area (Å²) in [6, 6.07) is 7.36. The number of anilines is 2. The van der Waals surface area contributed by atoms with E-state index in [4.69, 9.17) is 11.0 Å². The second kappa shape index (κ2) is 5.95. The number of benzene rings is 1. The maximum absolute atomic E-state index is 15.2. The minimum Gasteiger partial charge on any atom is -0.398 e. The van der Waals surface area contributed by atoms with Crippen LogP contribution in [0.15, 0.2) is 24.4 Å². The van der Waals surface area contributed by atoms with Gasteiger partial charge in [0.2, 0.25) is 0 Å². The summed E-state index contributed by atoms with van der Waals surface area (Å²) >= 11 is 0. The molecule has 1 saturated carbocycles. The third-order valence-corrected chi connectivity index (χ3v) is 5.62. The fourth-order valence-electron chi connectivity index (χ4n) is 4.10. The van der Waals surface area contributed by atoms with Gasteiger partial charge in [-0.15, -0.1) is 0 Å². The Hall–Kier alpha value is -3.14. The first-order valence-electron chi connectivity index (χ1n) is 8.80. The van der Waals surface area contributed by atoms with E-state index in [2.05, 4.69) is 16.4 Å². The second-order valence-corrected chi connectivity index (χ2v) is 7.58. The molecule has 3 N–H and O–H groups in total. The Morgan fingerprint density at radius 2 is 2.19 bits per heavy atom. The number of carbonyl (C=O) groups is 1. The minimum absolute atomic E-state index is 0.0546. The van der Waals surface area contributed by atoms with Crippen molar-refractivity contribution in [1.29, 1.82) is 5.26 Å². The van der Waals surface area contributed by atoms with Crippen LogP contribution in [0, 0.1) is 23.1 Å². The number of halogens is 1. The molecule has 7 heteroatoms. The third kappa shape index (κ3) is 2.52. The largest absolute Gasteiger partial charge is 0.398 e. The van der Waals surface area contributed by atoms with E-state index in [1.54, 1.807) is 32.4 Å². The normalized spacial score (nSPS) is 22.5. The van der Waals surface area contributed by atoms with Crippen LogP contribution in [0.2, 0.25) is 0 Å². The number of amides is 1. The molecular formula is C20H20FN5O. The van der Waals surface area contributed by atoms with E-state index in [0.717, 1.165) is 30.8 Å². The van der Waals surface area contributed by atoms with Gasteiger partial charge < -0.3 is 16.0 Å². The number of rotatable bonds is 2. The summed E-state index contributed by atoms with van der Waals surface area (Å²) in [5.41, 5.74) is 7.65. The van der Waals surface area contributed by atoms with Crippen LogP contribution in [-0.4, -0.2) is 36.4 Å². The summed E-state index contributed by atoms with van der Waals surface area (Å²) in [5.74, 6) is -0.275. The molecule has 0 atom stereocenters. The first kappa shape index (κ1) is 17.3. The zero-order chi connectivity index (χ0) is 19.3. The van der Waals surface area contributed by atoms with Crippen molar-refractivity contribution in [3.05, 3.63) is 41.3 Å². The molecular weight excluding hydrogens is 345 g/mol. The Balaban J connectivity index is 1.78. The van der Waals surface area contributed by atoms with Gasteiger partial charge in [0.15, 0.2) is 0 Å². The number of nitriles is 1. The Labute approximate surface area is 156 Å². The van der Waals surface area contributed by atoms with Crippen molar-refractivity contribution in [2.24, 2.45) is 5.92 Å². The summed E-state index contributed by atoms with van der Waals surface area (Å²) in [6.45, 7) is 0.742. The maximum Gasteiger partial charge on any atom is 0.258 e. The number of pyridine rings is 1. The first-order chi connectivity index (χ1) is 12.9. The fraction of sp³-hybridized carbons (Fsp3) is 0.350. The molecule has 1 aliphatic carbocycles. The number of carbonyl (C=O) groups excluding carboxylic acids is 1. The number of fused-ring (bicyclic) bond motifs is 2. The summed E-state index contributed by atoms with van der Waals surface area (Å²) < 4.78 is 15.2. The fourth-order valence-corrected chi connectivity index (χ4v) is 4.10. The van der Waals surface area contributed by atoms with Crippen LogP contribution in [0.25, 0.3) is 11.1 Å². The molecule has 0 radical (unpaired) electrons. The molecule has 1 spiro atoms. The number of hydrogen-bond donors (Lipinski definition) is 2. The monoisotopic (exact) mass is 365 g/mol. The van der Waals surface area contributed by atoms with E-state index in [9.17, 15) is 4.79 Å². The molecule has 2 aromatic rings. The summed E-state index contributed by atoms with van der Waals surface area (Å²) in [4.78, 5) is 18.1. The molecule has 1 aromatic heterocycles. The lowest BCUT2D eigenvalue weighted by Crippen LogP contribution is -2.42. The van der Waals surface area contributed by atoms with Gasteiger partial charge in [0, 0.05) is 60.5 Å². The van der Waals surface area contributed by atoms with Crippen molar-refractivity contribution < 1.29 is 9.18 Å². The lowest BCUT2D eigenvalue weighted by Gasteiger charge is -2.41. The summed E-state index contributed by atoms with van der Waals surface area (Å²) in [6.07, 6.45) is 3.16. The number of hydrogen-bond acceptors (Lipinski definition) is 5. The van der Waals surface area contributed by atoms with Crippen LogP contribution in [0.1, 0.15) is 28.8 Å². The van der Waals surface area contributed by atoms with E-state index >= 15 is 4.39 Å². The molecule has 6 nitrogen and oxygen atoms in total. The molecule has 1 aromatic carbocycles. The maximum atomic E-state index is 15.2. The predicted molar refractivity (Wildman–Crippen MR) is 101 cm³/mol. The minimum atomic E-state index is -0.640. The van der Waals surface area contributed by atoms with Crippen molar-refractivity contribution in [2.75, 3.05) is 31.7 Å². The highest BCUT2D eigenvalue weighted by molar-refractivity contribution is 6.00. The topological polar surface area (TPSA) is 95.0 Å². The van der Waals surface area contributed by atoms with Crippen molar-refractivity contribution >= 4 is 17.4 Å². The van der Waals surface area contributed by atoms with Gasteiger partial charge in [0.05, 0.1) is 11.6 Å². The third-order valence-electron chi connectivity index (χ3n) is 5.62. The van der Waals surface area contributed by atoms with E-state index < -0.39 is 11.7 Å². The molecule has 2 aliphatic rings. The van der Waals surface area contributed by atoms with Crippen LogP contribution in [0.5, 0.6) is 0 Å². The first-order valence-corrected chi connectivity index (χ1v) is 8.80. The van der Waals surface area contributed by atoms with Gasteiger partial charge in [0.25, 0.3) is 5.91 Å². The Morgan fingerprint density at radius 1 is 1.44 bits per heavy atom. The molecule has 1 fully saturated rings. The predicted octanol–water partition coefficient (Wildman–Crippen LogP) is 2.77. The lowest BCUT2D eigenvalue weighted by atomic mass is 9.60. The van der Waals surface area contributed by atoms with Gasteiger partial charge in [-0.05, 0) is 31.0 Å². The van der Waals surface area contributed by atoms with Gasteiger partial charge >= 0.3 is 0 Å². The molecule has 0 unspecified atom stereocenters. The highest BCUT2D eigenvalue weighted by Crippen LogP contribution is 2.53. The van der Waals surface area contributed by atoms with E-state index in [1.807, 2.05) is 6.07 Å². The molecule has 0 saturated heterocycles. The molecule has 27 heavy (non-hydrogen) atoms. The Kier molecular flexibility index (Phi) is 3.81. The van der Waals surface area contributed by atoms with Crippen molar-refractivity contribution in [3.63, 3.8) is 0 Å². The Morgan fingerprint density at radius 3 is 2.85 bits per heavy atom. The zero-order valence-electron chi connectivity index (χ0n) is 15.2. The number of nitrogens with two attached hydrogens (primary N) is 1.